The molecule has 0 aliphatic carbocycles. The summed E-state index contributed by atoms with van der Waals surface area (Å²) in [4.78, 5) is 39.8. The first-order chi connectivity index (χ1) is 14.0. The molecule has 1 fully saturated rings. The molecule has 0 aromatic heterocycles. The SMILES string of the molecule is CCOC(=O)N1CCN(C(=O)COC(=O)c2ccc(OC)c3ccccc23)CC1. The van der Waals surface area contributed by atoms with Crippen LogP contribution in [0.15, 0.2) is 36.4 Å². The molecule has 0 radical (unpaired) electrons. The quantitative estimate of drug-likeness (QED) is 0.716. The molecule has 1 aliphatic rings. The van der Waals surface area contributed by atoms with Crippen molar-refractivity contribution in [1.29, 1.82) is 0 Å². The smallest absolute Gasteiger partial charge is 0.409 e. The Labute approximate surface area is 168 Å². The molecule has 1 heterocycles. The summed E-state index contributed by atoms with van der Waals surface area (Å²) < 4.78 is 15.6. The molecular weight excluding hydrogens is 376 g/mol. The average molecular weight is 400 g/mol. The van der Waals surface area contributed by atoms with Crippen LogP contribution in [0, 0.1) is 0 Å². The Bertz CT molecular complexity index is 905. The Morgan fingerprint density at radius 2 is 1.55 bits per heavy atom. The summed E-state index contributed by atoms with van der Waals surface area (Å²) >= 11 is 0. The topological polar surface area (TPSA) is 85.4 Å². The van der Waals surface area contributed by atoms with Crippen molar-refractivity contribution in [3.8, 4) is 5.75 Å². The second-order valence-corrected chi connectivity index (χ2v) is 6.50. The van der Waals surface area contributed by atoms with Gasteiger partial charge in [-0.25, -0.2) is 9.59 Å². The van der Waals surface area contributed by atoms with E-state index in [1.807, 2.05) is 24.3 Å². The molecule has 29 heavy (non-hydrogen) atoms. The molecule has 1 aliphatic heterocycles. The van der Waals surface area contributed by atoms with Gasteiger partial charge in [0.1, 0.15) is 5.75 Å². The summed E-state index contributed by atoms with van der Waals surface area (Å²) in [6.45, 7) is 3.25. The Kier molecular flexibility index (Phi) is 6.54. The number of rotatable bonds is 5. The van der Waals surface area contributed by atoms with Crippen molar-refractivity contribution in [3.63, 3.8) is 0 Å². The van der Waals surface area contributed by atoms with Crippen LogP contribution in [0.3, 0.4) is 0 Å². The Balaban J connectivity index is 1.58. The first-order valence-corrected chi connectivity index (χ1v) is 9.47. The van der Waals surface area contributed by atoms with Crippen LogP contribution >= 0.6 is 0 Å². The van der Waals surface area contributed by atoms with Crippen molar-refractivity contribution in [1.82, 2.24) is 9.80 Å². The number of methoxy groups -OCH3 is 1. The minimum Gasteiger partial charge on any atom is -0.496 e. The van der Waals surface area contributed by atoms with Crippen molar-refractivity contribution >= 4 is 28.7 Å². The molecule has 154 valence electrons. The first kappa shape index (κ1) is 20.4. The van der Waals surface area contributed by atoms with E-state index in [0.717, 1.165) is 5.39 Å². The van der Waals surface area contributed by atoms with E-state index in [1.165, 1.54) is 0 Å². The molecule has 8 nitrogen and oxygen atoms in total. The lowest BCUT2D eigenvalue weighted by molar-refractivity contribution is -0.136. The van der Waals surface area contributed by atoms with Crippen LogP contribution in [-0.2, 0) is 14.3 Å². The summed E-state index contributed by atoms with van der Waals surface area (Å²) in [5.74, 6) is -0.199. The van der Waals surface area contributed by atoms with Crippen LogP contribution in [0.4, 0.5) is 4.79 Å². The van der Waals surface area contributed by atoms with Crippen LogP contribution in [0.5, 0.6) is 5.75 Å². The van der Waals surface area contributed by atoms with Gasteiger partial charge in [-0.2, -0.15) is 0 Å². The van der Waals surface area contributed by atoms with Crippen molar-refractivity contribution in [3.05, 3.63) is 42.0 Å². The lowest BCUT2D eigenvalue weighted by Gasteiger charge is -2.33. The number of esters is 1. The second kappa shape index (κ2) is 9.27. The molecule has 0 N–H and O–H groups in total. The fraction of sp³-hybridized carbons (Fsp3) is 0.381. The van der Waals surface area contributed by atoms with E-state index >= 15 is 0 Å². The summed E-state index contributed by atoms with van der Waals surface area (Å²) in [6.07, 6.45) is -0.377. The van der Waals surface area contributed by atoms with Gasteiger partial charge in [0.2, 0.25) is 0 Å². The molecular formula is C21H24N2O6. The number of hydrogen-bond acceptors (Lipinski definition) is 6. The van der Waals surface area contributed by atoms with E-state index in [4.69, 9.17) is 14.2 Å². The predicted octanol–water partition coefficient (Wildman–Crippen LogP) is 2.31. The van der Waals surface area contributed by atoms with Gasteiger partial charge >= 0.3 is 12.1 Å². The Hall–Kier alpha value is -3.29. The van der Waals surface area contributed by atoms with Gasteiger partial charge in [-0.05, 0) is 24.4 Å². The highest BCUT2D eigenvalue weighted by molar-refractivity contribution is 6.06. The molecule has 1 saturated heterocycles. The second-order valence-electron chi connectivity index (χ2n) is 6.50. The minimum atomic E-state index is -0.567. The number of carbonyl (C=O) groups is 3. The number of hydrogen-bond donors (Lipinski definition) is 0. The van der Waals surface area contributed by atoms with E-state index in [-0.39, 0.29) is 18.6 Å². The van der Waals surface area contributed by atoms with Crippen LogP contribution in [0.2, 0.25) is 0 Å². The minimum absolute atomic E-state index is 0.292. The molecule has 0 atom stereocenters. The number of amides is 2. The fourth-order valence-corrected chi connectivity index (χ4v) is 3.28. The Morgan fingerprint density at radius 3 is 2.21 bits per heavy atom. The van der Waals surface area contributed by atoms with E-state index in [9.17, 15) is 14.4 Å². The molecule has 2 aromatic rings. The molecule has 0 saturated carbocycles. The van der Waals surface area contributed by atoms with E-state index in [0.29, 0.717) is 49.5 Å². The maximum atomic E-state index is 12.6. The van der Waals surface area contributed by atoms with Gasteiger partial charge in [0.05, 0.1) is 19.3 Å². The number of benzene rings is 2. The molecule has 2 amide bonds. The monoisotopic (exact) mass is 400 g/mol. The number of nitrogens with zero attached hydrogens (tertiary/aromatic N) is 2. The third kappa shape index (κ3) is 4.59. The normalized spacial score (nSPS) is 13.9. The van der Waals surface area contributed by atoms with Crippen LogP contribution in [0.1, 0.15) is 17.3 Å². The highest BCUT2D eigenvalue weighted by Crippen LogP contribution is 2.28. The molecule has 8 heteroatoms. The zero-order valence-electron chi connectivity index (χ0n) is 16.6. The van der Waals surface area contributed by atoms with Gasteiger partial charge in [-0.3, -0.25) is 4.79 Å². The van der Waals surface area contributed by atoms with Crippen LogP contribution in [-0.4, -0.2) is 74.3 Å². The van der Waals surface area contributed by atoms with Crippen molar-refractivity contribution in [2.75, 3.05) is 46.5 Å². The third-order valence-corrected chi connectivity index (χ3v) is 4.81. The van der Waals surface area contributed by atoms with Crippen LogP contribution < -0.4 is 4.74 Å². The first-order valence-electron chi connectivity index (χ1n) is 9.47. The van der Waals surface area contributed by atoms with Crippen LogP contribution in [0.25, 0.3) is 10.8 Å². The number of fused-ring (bicyclic) bond motifs is 1. The Morgan fingerprint density at radius 1 is 0.897 bits per heavy atom. The summed E-state index contributed by atoms with van der Waals surface area (Å²) in [6, 6.07) is 10.7. The van der Waals surface area contributed by atoms with Gasteiger partial charge < -0.3 is 24.0 Å². The van der Waals surface area contributed by atoms with Crippen molar-refractivity contribution < 1.29 is 28.6 Å². The fourth-order valence-electron chi connectivity index (χ4n) is 3.28. The zero-order valence-corrected chi connectivity index (χ0v) is 16.6. The maximum Gasteiger partial charge on any atom is 0.409 e. The summed E-state index contributed by atoms with van der Waals surface area (Å²) in [5.41, 5.74) is 0.376. The highest BCUT2D eigenvalue weighted by Gasteiger charge is 2.25. The van der Waals surface area contributed by atoms with E-state index < -0.39 is 5.97 Å². The summed E-state index contributed by atoms with van der Waals surface area (Å²) in [7, 11) is 1.57. The molecule has 0 spiro atoms. The van der Waals surface area contributed by atoms with Gasteiger partial charge in [-0.15, -0.1) is 0 Å². The summed E-state index contributed by atoms with van der Waals surface area (Å²) in [5, 5.41) is 1.50. The number of carbonyl (C=O) groups excluding carboxylic acids is 3. The number of ether oxygens (including phenoxy) is 3. The molecule has 3 rings (SSSR count). The lowest BCUT2D eigenvalue weighted by atomic mass is 10.0. The lowest BCUT2D eigenvalue weighted by Crippen LogP contribution is -2.51. The largest absolute Gasteiger partial charge is 0.496 e. The van der Waals surface area contributed by atoms with Gasteiger partial charge in [0.15, 0.2) is 6.61 Å². The maximum absolute atomic E-state index is 12.6. The van der Waals surface area contributed by atoms with Gasteiger partial charge in [-0.1, -0.05) is 24.3 Å². The van der Waals surface area contributed by atoms with E-state index in [2.05, 4.69) is 0 Å². The highest BCUT2D eigenvalue weighted by atomic mass is 16.6. The van der Waals surface area contributed by atoms with Crippen molar-refractivity contribution in [2.45, 2.75) is 6.92 Å². The third-order valence-electron chi connectivity index (χ3n) is 4.81. The number of piperazine rings is 1. The standard InChI is InChI=1S/C21H24N2O6/c1-3-28-21(26)23-12-10-22(11-13-23)19(24)14-29-20(25)17-8-9-18(27-2)16-7-5-4-6-15(16)17/h4-9H,3,10-14H2,1-2H3. The average Bonchev–Trinajstić information content (AvgIpc) is 2.76. The van der Waals surface area contributed by atoms with E-state index in [1.54, 1.807) is 36.0 Å². The van der Waals surface area contributed by atoms with Crippen molar-refractivity contribution in [2.24, 2.45) is 0 Å². The van der Waals surface area contributed by atoms with Gasteiger partial charge in [0.25, 0.3) is 5.91 Å². The van der Waals surface area contributed by atoms with Gasteiger partial charge in [0, 0.05) is 31.6 Å². The molecule has 0 bridgehead atoms. The molecule has 0 unspecified atom stereocenters. The predicted molar refractivity (Wildman–Crippen MR) is 106 cm³/mol. The molecule has 2 aromatic carbocycles. The zero-order chi connectivity index (χ0) is 20.8.